The number of aryl methyl sites for hydroxylation is 1. The van der Waals surface area contributed by atoms with Crippen LogP contribution in [-0.4, -0.2) is 10.9 Å². The van der Waals surface area contributed by atoms with E-state index >= 15 is 0 Å². The summed E-state index contributed by atoms with van der Waals surface area (Å²) < 4.78 is 0. The van der Waals surface area contributed by atoms with E-state index in [4.69, 9.17) is 4.98 Å². The van der Waals surface area contributed by atoms with Crippen LogP contribution in [0.15, 0.2) is 71.4 Å². The fourth-order valence-electron chi connectivity index (χ4n) is 3.19. The number of fused-ring (bicyclic) bond motifs is 1. The van der Waals surface area contributed by atoms with Crippen LogP contribution in [0.25, 0.3) is 22.2 Å². The lowest BCUT2D eigenvalue weighted by atomic mass is 10.0. The topological polar surface area (TPSA) is 42.0 Å². The number of rotatable bonds is 4. The first-order valence-corrected chi connectivity index (χ1v) is 9.86. The molecule has 1 N–H and O–H groups in total. The number of amides is 1. The summed E-state index contributed by atoms with van der Waals surface area (Å²) in [5.41, 5.74) is 5.54. The van der Waals surface area contributed by atoms with Gasteiger partial charge in [0, 0.05) is 16.3 Å². The third kappa shape index (κ3) is 3.62. The highest BCUT2D eigenvalue weighted by Gasteiger charge is 2.17. The smallest absolute Gasteiger partial charge is 0.252 e. The molecule has 4 rings (SSSR count). The van der Waals surface area contributed by atoms with Gasteiger partial charge < -0.3 is 5.32 Å². The minimum absolute atomic E-state index is 0.0729. The Bertz CT molecular complexity index is 1090. The van der Waals surface area contributed by atoms with Crippen LogP contribution in [-0.2, 0) is 0 Å². The molecule has 0 aliphatic rings. The maximum Gasteiger partial charge on any atom is 0.252 e. The molecule has 3 nitrogen and oxygen atoms in total. The van der Waals surface area contributed by atoms with Crippen LogP contribution in [0, 0.1) is 6.92 Å². The maximum absolute atomic E-state index is 13.1. The maximum atomic E-state index is 13.1. The Hall–Kier alpha value is -2.98. The molecule has 1 amide bonds. The second-order valence-corrected chi connectivity index (χ2v) is 7.47. The van der Waals surface area contributed by atoms with Gasteiger partial charge in [0.1, 0.15) is 0 Å². The van der Waals surface area contributed by atoms with Crippen molar-refractivity contribution in [2.24, 2.45) is 0 Å². The first-order chi connectivity index (χ1) is 13.1. The molecule has 4 aromatic rings. The molecule has 27 heavy (non-hydrogen) atoms. The van der Waals surface area contributed by atoms with Crippen LogP contribution in [0.1, 0.15) is 34.5 Å². The van der Waals surface area contributed by atoms with Crippen molar-refractivity contribution in [1.29, 1.82) is 0 Å². The molecule has 2 heterocycles. The molecule has 0 saturated heterocycles. The van der Waals surface area contributed by atoms with E-state index in [2.05, 4.69) is 10.7 Å². The molecule has 1 atom stereocenters. The number of carbonyl (C=O) groups is 1. The Morgan fingerprint density at radius 1 is 1.07 bits per heavy atom. The van der Waals surface area contributed by atoms with Gasteiger partial charge in [-0.1, -0.05) is 42.0 Å². The average molecular weight is 372 g/mol. The van der Waals surface area contributed by atoms with Crippen molar-refractivity contribution in [1.82, 2.24) is 10.3 Å². The summed E-state index contributed by atoms with van der Waals surface area (Å²) in [5.74, 6) is -0.0826. The van der Waals surface area contributed by atoms with Gasteiger partial charge in [0.05, 0.1) is 22.8 Å². The van der Waals surface area contributed by atoms with Crippen molar-refractivity contribution >= 4 is 28.1 Å². The van der Waals surface area contributed by atoms with Crippen molar-refractivity contribution in [2.45, 2.75) is 19.9 Å². The Balaban J connectivity index is 1.76. The first kappa shape index (κ1) is 17.4. The van der Waals surface area contributed by atoms with Crippen LogP contribution in [0.3, 0.4) is 0 Å². The van der Waals surface area contributed by atoms with Crippen LogP contribution >= 0.6 is 11.3 Å². The highest BCUT2D eigenvalue weighted by Crippen LogP contribution is 2.27. The summed E-state index contributed by atoms with van der Waals surface area (Å²) in [6.45, 7) is 4.03. The Morgan fingerprint density at radius 2 is 1.89 bits per heavy atom. The van der Waals surface area contributed by atoms with E-state index < -0.39 is 0 Å². The Kier molecular flexibility index (Phi) is 4.73. The van der Waals surface area contributed by atoms with Gasteiger partial charge in [0.25, 0.3) is 5.91 Å². The summed E-state index contributed by atoms with van der Waals surface area (Å²) in [7, 11) is 0. The number of nitrogens with one attached hydrogen (secondary N) is 1. The van der Waals surface area contributed by atoms with Gasteiger partial charge in [-0.05, 0) is 49.1 Å². The van der Waals surface area contributed by atoms with Crippen molar-refractivity contribution in [2.75, 3.05) is 0 Å². The van der Waals surface area contributed by atoms with Crippen molar-refractivity contribution in [3.05, 3.63) is 88.1 Å². The van der Waals surface area contributed by atoms with E-state index in [1.807, 2.05) is 79.9 Å². The second-order valence-electron chi connectivity index (χ2n) is 6.69. The van der Waals surface area contributed by atoms with E-state index in [-0.39, 0.29) is 11.9 Å². The number of aromatic nitrogens is 1. The zero-order valence-corrected chi connectivity index (χ0v) is 16.1. The molecular weight excluding hydrogens is 352 g/mol. The van der Waals surface area contributed by atoms with Crippen LogP contribution in [0.5, 0.6) is 0 Å². The van der Waals surface area contributed by atoms with Crippen LogP contribution < -0.4 is 5.32 Å². The average Bonchev–Trinajstić information content (AvgIpc) is 3.22. The fraction of sp³-hybridized carbons (Fsp3) is 0.130. The van der Waals surface area contributed by atoms with Gasteiger partial charge in [-0.25, -0.2) is 4.98 Å². The number of benzene rings is 2. The Morgan fingerprint density at radius 3 is 2.63 bits per heavy atom. The van der Waals surface area contributed by atoms with E-state index in [9.17, 15) is 4.79 Å². The van der Waals surface area contributed by atoms with E-state index in [0.717, 1.165) is 33.3 Å². The number of carbonyl (C=O) groups excluding carboxylic acids is 1. The standard InChI is InChI=1S/C23H20N2OS/c1-15-8-9-21-19(12-15)20(13-22(25-21)18-10-11-27-14-18)23(26)24-16(2)17-6-4-3-5-7-17/h3-14,16H,1-2H3,(H,24,26). The zero-order chi connectivity index (χ0) is 18.8. The molecule has 2 aromatic carbocycles. The summed E-state index contributed by atoms with van der Waals surface area (Å²) >= 11 is 1.62. The van der Waals surface area contributed by atoms with Gasteiger partial charge in [-0.15, -0.1) is 0 Å². The Labute approximate surface area is 162 Å². The number of pyridine rings is 1. The summed E-state index contributed by atoms with van der Waals surface area (Å²) in [5, 5.41) is 8.09. The highest BCUT2D eigenvalue weighted by molar-refractivity contribution is 7.08. The van der Waals surface area contributed by atoms with Gasteiger partial charge in [0.2, 0.25) is 0 Å². The number of hydrogen-bond acceptors (Lipinski definition) is 3. The van der Waals surface area contributed by atoms with Crippen LogP contribution in [0.2, 0.25) is 0 Å². The van der Waals surface area contributed by atoms with Crippen LogP contribution in [0.4, 0.5) is 0 Å². The molecule has 134 valence electrons. The highest BCUT2D eigenvalue weighted by atomic mass is 32.1. The third-order valence-corrected chi connectivity index (χ3v) is 5.36. The zero-order valence-electron chi connectivity index (χ0n) is 15.3. The quantitative estimate of drug-likeness (QED) is 0.495. The molecule has 2 aromatic heterocycles. The largest absolute Gasteiger partial charge is 0.345 e. The molecule has 0 saturated carbocycles. The predicted octanol–water partition coefficient (Wildman–Crippen LogP) is 5.76. The van der Waals surface area contributed by atoms with Crippen molar-refractivity contribution < 1.29 is 4.79 Å². The van der Waals surface area contributed by atoms with Crippen molar-refractivity contribution in [3.8, 4) is 11.3 Å². The van der Waals surface area contributed by atoms with Gasteiger partial charge in [-0.3, -0.25) is 4.79 Å². The molecule has 0 aliphatic carbocycles. The molecule has 0 spiro atoms. The van der Waals surface area contributed by atoms with Gasteiger partial charge in [0.15, 0.2) is 0 Å². The molecule has 0 aliphatic heterocycles. The monoisotopic (exact) mass is 372 g/mol. The summed E-state index contributed by atoms with van der Waals surface area (Å²) in [4.78, 5) is 17.9. The molecular formula is C23H20N2OS. The van der Waals surface area contributed by atoms with Gasteiger partial charge >= 0.3 is 0 Å². The summed E-state index contributed by atoms with van der Waals surface area (Å²) in [6.07, 6.45) is 0. The van der Waals surface area contributed by atoms with Gasteiger partial charge in [-0.2, -0.15) is 11.3 Å². The van der Waals surface area contributed by atoms with E-state index in [0.29, 0.717) is 5.56 Å². The van der Waals surface area contributed by atoms with Crippen molar-refractivity contribution in [3.63, 3.8) is 0 Å². The fourth-order valence-corrected chi connectivity index (χ4v) is 3.83. The normalized spacial score (nSPS) is 12.1. The first-order valence-electron chi connectivity index (χ1n) is 8.91. The predicted molar refractivity (Wildman–Crippen MR) is 112 cm³/mol. The molecule has 0 fully saturated rings. The third-order valence-electron chi connectivity index (χ3n) is 4.67. The second kappa shape index (κ2) is 7.33. The molecule has 0 radical (unpaired) electrons. The minimum Gasteiger partial charge on any atom is -0.345 e. The van der Waals surface area contributed by atoms with E-state index in [1.54, 1.807) is 11.3 Å². The minimum atomic E-state index is -0.0826. The lowest BCUT2D eigenvalue weighted by Crippen LogP contribution is -2.27. The summed E-state index contributed by atoms with van der Waals surface area (Å²) in [6, 6.07) is 19.9. The lowest BCUT2D eigenvalue weighted by Gasteiger charge is -2.16. The van der Waals surface area contributed by atoms with E-state index in [1.165, 1.54) is 0 Å². The number of nitrogens with zero attached hydrogens (tertiary/aromatic N) is 1. The number of thiophene rings is 1. The SMILES string of the molecule is Cc1ccc2nc(-c3ccsc3)cc(C(=O)NC(C)c3ccccc3)c2c1. The molecule has 4 heteroatoms. The molecule has 0 bridgehead atoms. The molecule has 1 unspecified atom stereocenters. The lowest BCUT2D eigenvalue weighted by molar-refractivity contribution is 0.0941. The number of hydrogen-bond donors (Lipinski definition) is 1.